The zero-order valence-electron chi connectivity index (χ0n) is 10.9. The van der Waals surface area contributed by atoms with Gasteiger partial charge in [-0.2, -0.15) is 0 Å². The van der Waals surface area contributed by atoms with Crippen molar-refractivity contribution in [1.82, 2.24) is 5.32 Å². The van der Waals surface area contributed by atoms with Crippen molar-refractivity contribution in [3.05, 3.63) is 23.8 Å². The first-order chi connectivity index (χ1) is 8.60. The highest BCUT2D eigenvalue weighted by molar-refractivity contribution is 5.40. The quantitative estimate of drug-likeness (QED) is 0.703. The molecule has 0 saturated heterocycles. The maximum atomic E-state index is 9.77. The second-order valence-corrected chi connectivity index (χ2v) is 4.88. The van der Waals surface area contributed by atoms with Crippen LogP contribution in [0.1, 0.15) is 38.3 Å². The highest BCUT2D eigenvalue weighted by Gasteiger charge is 2.30. The zero-order chi connectivity index (χ0) is 13.1. The smallest absolute Gasteiger partial charge is 0.120 e. The molecule has 2 rings (SSSR count). The lowest BCUT2D eigenvalue weighted by atomic mass is 9.88. The van der Waals surface area contributed by atoms with Gasteiger partial charge >= 0.3 is 0 Å². The molecule has 1 fully saturated rings. The summed E-state index contributed by atoms with van der Waals surface area (Å²) in [4.78, 5) is 0. The second kappa shape index (κ2) is 5.59. The summed E-state index contributed by atoms with van der Waals surface area (Å²) in [7, 11) is 0. The molecular weight excluding hydrogens is 230 g/mol. The lowest BCUT2D eigenvalue weighted by molar-refractivity contribution is -0.0120. The second-order valence-electron chi connectivity index (χ2n) is 4.88. The predicted octanol–water partition coefficient (Wildman–Crippen LogP) is 2.32. The lowest BCUT2D eigenvalue weighted by Crippen LogP contribution is -2.46. The highest BCUT2D eigenvalue weighted by atomic mass is 16.5. The molecule has 0 bridgehead atoms. The van der Waals surface area contributed by atoms with Gasteiger partial charge in [0.25, 0.3) is 0 Å². The maximum Gasteiger partial charge on any atom is 0.120 e. The molecule has 0 radical (unpaired) electrons. The predicted molar refractivity (Wildman–Crippen MR) is 69.8 cm³/mol. The van der Waals surface area contributed by atoms with E-state index in [1.807, 2.05) is 13.8 Å². The fourth-order valence-corrected chi connectivity index (χ4v) is 2.41. The number of hydrogen-bond acceptors (Lipinski definition) is 4. The fourth-order valence-electron chi connectivity index (χ4n) is 2.41. The average molecular weight is 251 g/mol. The molecule has 1 aromatic rings. The summed E-state index contributed by atoms with van der Waals surface area (Å²) in [6.07, 6.45) is 2.40. The van der Waals surface area contributed by atoms with E-state index in [1.54, 1.807) is 6.07 Å². The number of hydrogen-bond donors (Lipinski definition) is 3. The third-order valence-electron chi connectivity index (χ3n) is 3.46. The van der Waals surface area contributed by atoms with Gasteiger partial charge in [0.2, 0.25) is 0 Å². The van der Waals surface area contributed by atoms with Crippen molar-refractivity contribution in [2.24, 2.45) is 0 Å². The van der Waals surface area contributed by atoms with E-state index < -0.39 is 0 Å². The molecule has 18 heavy (non-hydrogen) atoms. The van der Waals surface area contributed by atoms with E-state index in [2.05, 4.69) is 5.32 Å². The summed E-state index contributed by atoms with van der Waals surface area (Å²) in [6.45, 7) is 4.76. The number of aromatic hydroxyl groups is 2. The molecule has 4 heteroatoms. The Morgan fingerprint density at radius 2 is 2.11 bits per heavy atom. The summed E-state index contributed by atoms with van der Waals surface area (Å²) < 4.78 is 5.51. The number of phenolic OH excluding ortho intramolecular Hbond substituents is 2. The SMILES string of the molecule is CCOC1CC(NC(C)c2cc(O)ccc2O)C1. The molecule has 0 aromatic heterocycles. The van der Waals surface area contributed by atoms with E-state index in [0.717, 1.165) is 25.0 Å². The normalized spacial score (nSPS) is 24.6. The fraction of sp³-hybridized carbons (Fsp3) is 0.571. The minimum absolute atomic E-state index is 0.0182. The van der Waals surface area contributed by atoms with Gasteiger partial charge in [0.05, 0.1) is 6.10 Å². The molecule has 1 saturated carbocycles. The van der Waals surface area contributed by atoms with Gasteiger partial charge in [0.15, 0.2) is 0 Å². The Morgan fingerprint density at radius 3 is 2.78 bits per heavy atom. The molecule has 1 aliphatic carbocycles. The van der Waals surface area contributed by atoms with Gasteiger partial charge in [-0.05, 0) is 44.9 Å². The van der Waals surface area contributed by atoms with Gasteiger partial charge in [0.1, 0.15) is 11.5 Å². The molecule has 1 aliphatic rings. The van der Waals surface area contributed by atoms with Crippen LogP contribution in [0.15, 0.2) is 18.2 Å². The van der Waals surface area contributed by atoms with Gasteiger partial charge < -0.3 is 20.3 Å². The topological polar surface area (TPSA) is 61.7 Å². The molecular formula is C14H21NO3. The molecule has 3 N–H and O–H groups in total. The van der Waals surface area contributed by atoms with Crippen LogP contribution in [0.4, 0.5) is 0 Å². The van der Waals surface area contributed by atoms with Crippen molar-refractivity contribution in [1.29, 1.82) is 0 Å². The molecule has 0 amide bonds. The summed E-state index contributed by atoms with van der Waals surface area (Å²) in [5, 5.41) is 22.7. The van der Waals surface area contributed by atoms with E-state index in [1.165, 1.54) is 12.1 Å². The number of rotatable bonds is 5. The van der Waals surface area contributed by atoms with Crippen LogP contribution in [0.25, 0.3) is 0 Å². The minimum atomic E-state index is 0.0182. The van der Waals surface area contributed by atoms with E-state index in [-0.39, 0.29) is 17.5 Å². The van der Waals surface area contributed by atoms with Crippen LogP contribution in [-0.4, -0.2) is 29.0 Å². The first-order valence-corrected chi connectivity index (χ1v) is 6.49. The van der Waals surface area contributed by atoms with Crippen LogP contribution in [0, 0.1) is 0 Å². The Kier molecular flexibility index (Phi) is 4.09. The Hall–Kier alpha value is -1.26. The molecule has 4 nitrogen and oxygen atoms in total. The molecule has 0 spiro atoms. The first-order valence-electron chi connectivity index (χ1n) is 6.49. The Bertz CT molecular complexity index is 402. The molecule has 100 valence electrons. The summed E-state index contributed by atoms with van der Waals surface area (Å²) in [5.41, 5.74) is 0.731. The average Bonchev–Trinajstić information content (AvgIpc) is 2.29. The van der Waals surface area contributed by atoms with E-state index >= 15 is 0 Å². The van der Waals surface area contributed by atoms with Crippen molar-refractivity contribution in [3.8, 4) is 11.5 Å². The van der Waals surface area contributed by atoms with Gasteiger partial charge in [-0.15, -0.1) is 0 Å². The van der Waals surface area contributed by atoms with Crippen LogP contribution in [0.3, 0.4) is 0 Å². The van der Waals surface area contributed by atoms with Crippen molar-refractivity contribution in [2.45, 2.75) is 44.9 Å². The monoisotopic (exact) mass is 251 g/mol. The Morgan fingerprint density at radius 1 is 1.39 bits per heavy atom. The van der Waals surface area contributed by atoms with E-state index in [9.17, 15) is 10.2 Å². The highest BCUT2D eigenvalue weighted by Crippen LogP contribution is 2.31. The zero-order valence-corrected chi connectivity index (χ0v) is 10.9. The van der Waals surface area contributed by atoms with Gasteiger partial charge in [-0.1, -0.05) is 0 Å². The van der Waals surface area contributed by atoms with Crippen LogP contribution in [0.5, 0.6) is 11.5 Å². The lowest BCUT2D eigenvalue weighted by Gasteiger charge is -2.37. The van der Waals surface area contributed by atoms with E-state index in [4.69, 9.17) is 4.74 Å². The summed E-state index contributed by atoms with van der Waals surface area (Å²) >= 11 is 0. The number of benzene rings is 1. The number of phenols is 2. The first kappa shape index (κ1) is 13.2. The van der Waals surface area contributed by atoms with Gasteiger partial charge in [-0.3, -0.25) is 0 Å². The standard InChI is InChI=1S/C14H21NO3/c1-3-18-12-6-10(7-12)15-9(2)13-8-11(16)4-5-14(13)17/h4-5,8-10,12,15-17H,3,6-7H2,1-2H3. The van der Waals surface area contributed by atoms with Gasteiger partial charge in [-0.25, -0.2) is 0 Å². The molecule has 1 atom stereocenters. The number of ether oxygens (including phenoxy) is 1. The van der Waals surface area contributed by atoms with Crippen LogP contribution in [0.2, 0.25) is 0 Å². The summed E-state index contributed by atoms with van der Waals surface area (Å²) in [5.74, 6) is 0.394. The molecule has 1 aromatic carbocycles. The van der Waals surface area contributed by atoms with E-state index in [0.29, 0.717) is 12.1 Å². The van der Waals surface area contributed by atoms with Crippen molar-refractivity contribution < 1.29 is 14.9 Å². The molecule has 1 unspecified atom stereocenters. The third-order valence-corrected chi connectivity index (χ3v) is 3.46. The Labute approximate surface area is 108 Å². The number of nitrogens with one attached hydrogen (secondary N) is 1. The third kappa shape index (κ3) is 2.94. The Balaban J connectivity index is 1.89. The van der Waals surface area contributed by atoms with Crippen molar-refractivity contribution >= 4 is 0 Å². The maximum absolute atomic E-state index is 9.77. The molecule has 0 aliphatic heterocycles. The van der Waals surface area contributed by atoms with Crippen LogP contribution >= 0.6 is 0 Å². The summed E-state index contributed by atoms with van der Waals surface area (Å²) in [6, 6.07) is 5.06. The van der Waals surface area contributed by atoms with Crippen LogP contribution in [-0.2, 0) is 4.74 Å². The minimum Gasteiger partial charge on any atom is -0.508 e. The molecule has 0 heterocycles. The van der Waals surface area contributed by atoms with Gasteiger partial charge in [0, 0.05) is 24.3 Å². The van der Waals surface area contributed by atoms with Crippen molar-refractivity contribution in [2.75, 3.05) is 6.61 Å². The largest absolute Gasteiger partial charge is 0.508 e. The van der Waals surface area contributed by atoms with Crippen molar-refractivity contribution in [3.63, 3.8) is 0 Å². The van der Waals surface area contributed by atoms with Crippen LogP contribution < -0.4 is 5.32 Å².